The van der Waals surface area contributed by atoms with Gasteiger partial charge < -0.3 is 14.8 Å². The van der Waals surface area contributed by atoms with Gasteiger partial charge in [-0.25, -0.2) is 0 Å². The second-order valence-electron chi connectivity index (χ2n) is 7.19. The van der Waals surface area contributed by atoms with Gasteiger partial charge in [-0.2, -0.15) is 4.98 Å². The van der Waals surface area contributed by atoms with Gasteiger partial charge in [0.1, 0.15) is 5.54 Å². The minimum absolute atomic E-state index is 0.0641. The van der Waals surface area contributed by atoms with E-state index in [9.17, 15) is 4.79 Å². The first kappa shape index (κ1) is 16.8. The molecular formula is C20H24N4O2. The van der Waals surface area contributed by atoms with Crippen LogP contribution in [0.15, 0.2) is 35.0 Å². The van der Waals surface area contributed by atoms with Gasteiger partial charge in [-0.05, 0) is 37.3 Å². The van der Waals surface area contributed by atoms with Crippen molar-refractivity contribution in [3.63, 3.8) is 0 Å². The molecular weight excluding hydrogens is 328 g/mol. The molecule has 0 radical (unpaired) electrons. The maximum atomic E-state index is 12.6. The summed E-state index contributed by atoms with van der Waals surface area (Å²) in [5.41, 5.74) is 1.96. The molecule has 1 aliphatic rings. The highest BCUT2D eigenvalue weighted by Crippen LogP contribution is 2.37. The fourth-order valence-corrected chi connectivity index (χ4v) is 3.98. The molecule has 2 heterocycles. The topological polar surface area (TPSA) is 83.8 Å². The highest BCUT2D eigenvalue weighted by atomic mass is 16.5. The van der Waals surface area contributed by atoms with Crippen molar-refractivity contribution in [3.05, 3.63) is 47.7 Å². The third-order valence-electron chi connectivity index (χ3n) is 5.32. The number of H-pyrrole nitrogens is 1. The van der Waals surface area contributed by atoms with E-state index in [4.69, 9.17) is 4.52 Å². The molecule has 0 atom stereocenters. The lowest BCUT2D eigenvalue weighted by Gasteiger charge is -2.26. The monoisotopic (exact) mass is 352 g/mol. The largest absolute Gasteiger partial charge is 0.361 e. The summed E-state index contributed by atoms with van der Waals surface area (Å²) in [5, 5.41) is 8.52. The van der Waals surface area contributed by atoms with Crippen LogP contribution in [0.2, 0.25) is 0 Å². The predicted molar refractivity (Wildman–Crippen MR) is 98.6 cm³/mol. The second kappa shape index (κ2) is 6.94. The van der Waals surface area contributed by atoms with Crippen LogP contribution < -0.4 is 5.32 Å². The molecule has 0 spiro atoms. The minimum Gasteiger partial charge on any atom is -0.361 e. The van der Waals surface area contributed by atoms with Gasteiger partial charge in [0.25, 0.3) is 0 Å². The van der Waals surface area contributed by atoms with Gasteiger partial charge in [-0.3, -0.25) is 4.79 Å². The van der Waals surface area contributed by atoms with E-state index in [1.807, 2.05) is 18.3 Å². The molecule has 136 valence electrons. The molecule has 1 aromatic carbocycles. The van der Waals surface area contributed by atoms with Crippen molar-refractivity contribution in [1.29, 1.82) is 0 Å². The Morgan fingerprint density at radius 1 is 1.31 bits per heavy atom. The van der Waals surface area contributed by atoms with Gasteiger partial charge in [-0.1, -0.05) is 36.2 Å². The smallest absolute Gasteiger partial charge is 0.223 e. The number of hydrogen-bond acceptors (Lipinski definition) is 4. The summed E-state index contributed by atoms with van der Waals surface area (Å²) in [5.74, 6) is 1.23. The number of nitrogens with one attached hydrogen (secondary N) is 2. The van der Waals surface area contributed by atoms with E-state index in [0.717, 1.165) is 44.0 Å². The van der Waals surface area contributed by atoms with Gasteiger partial charge in [0.2, 0.25) is 11.8 Å². The molecule has 0 saturated heterocycles. The lowest BCUT2D eigenvalue weighted by Crippen LogP contribution is -2.44. The van der Waals surface area contributed by atoms with Crippen LogP contribution in [0, 0.1) is 6.92 Å². The Balaban J connectivity index is 1.37. The third kappa shape index (κ3) is 3.23. The Labute approximate surface area is 152 Å². The number of para-hydroxylation sites is 1. The predicted octanol–water partition coefficient (Wildman–Crippen LogP) is 3.77. The molecule has 4 rings (SSSR count). The molecule has 2 N–H and O–H groups in total. The summed E-state index contributed by atoms with van der Waals surface area (Å²) in [4.78, 5) is 20.2. The van der Waals surface area contributed by atoms with Crippen molar-refractivity contribution < 1.29 is 9.32 Å². The van der Waals surface area contributed by atoms with Gasteiger partial charge in [-0.15, -0.1) is 0 Å². The first-order valence-corrected chi connectivity index (χ1v) is 9.33. The molecule has 1 aliphatic carbocycles. The summed E-state index contributed by atoms with van der Waals surface area (Å²) in [6, 6.07) is 8.26. The normalized spacial score (nSPS) is 16.2. The van der Waals surface area contributed by atoms with Gasteiger partial charge in [0, 0.05) is 30.4 Å². The van der Waals surface area contributed by atoms with E-state index in [0.29, 0.717) is 18.1 Å². The second-order valence-corrected chi connectivity index (χ2v) is 7.19. The van der Waals surface area contributed by atoms with Crippen LogP contribution in [-0.4, -0.2) is 21.0 Å². The number of aryl methyl sites for hydroxylation is 2. The Kier molecular flexibility index (Phi) is 4.49. The number of carbonyl (C=O) groups excluding carboxylic acids is 1. The number of aromatic nitrogens is 3. The van der Waals surface area contributed by atoms with Crippen molar-refractivity contribution in [3.8, 4) is 0 Å². The molecule has 0 aliphatic heterocycles. The average molecular weight is 352 g/mol. The standard InChI is InChI=1S/C20H24N4O2/c1-14-22-19(24-26-14)20(11-4-5-12-20)23-18(25)10-6-7-15-13-21-17-9-3-2-8-16(15)17/h2-3,8-9,13,21H,4-7,10-12H2,1H3,(H,23,25). The molecule has 26 heavy (non-hydrogen) atoms. The number of rotatable bonds is 6. The highest BCUT2D eigenvalue weighted by molar-refractivity contribution is 5.83. The van der Waals surface area contributed by atoms with Crippen molar-refractivity contribution in [2.24, 2.45) is 0 Å². The molecule has 6 heteroatoms. The summed E-state index contributed by atoms with van der Waals surface area (Å²) >= 11 is 0. The number of aromatic amines is 1. The fraction of sp³-hybridized carbons (Fsp3) is 0.450. The molecule has 6 nitrogen and oxygen atoms in total. The van der Waals surface area contributed by atoms with Crippen LogP contribution in [-0.2, 0) is 16.8 Å². The van der Waals surface area contributed by atoms with Crippen LogP contribution >= 0.6 is 0 Å². The van der Waals surface area contributed by atoms with Crippen LogP contribution in [0.25, 0.3) is 10.9 Å². The number of hydrogen-bond donors (Lipinski definition) is 2. The van der Waals surface area contributed by atoms with E-state index in [-0.39, 0.29) is 5.91 Å². The first-order valence-electron chi connectivity index (χ1n) is 9.33. The number of carbonyl (C=O) groups is 1. The van der Waals surface area contributed by atoms with E-state index in [1.165, 1.54) is 10.9 Å². The molecule has 1 saturated carbocycles. The highest BCUT2D eigenvalue weighted by Gasteiger charge is 2.41. The van der Waals surface area contributed by atoms with Crippen molar-refractivity contribution >= 4 is 16.8 Å². The average Bonchev–Trinajstić information content (AvgIpc) is 3.36. The number of fused-ring (bicyclic) bond motifs is 1. The maximum Gasteiger partial charge on any atom is 0.223 e. The molecule has 0 unspecified atom stereocenters. The summed E-state index contributed by atoms with van der Waals surface area (Å²) in [6.45, 7) is 1.78. The lowest BCUT2D eigenvalue weighted by molar-refractivity contribution is -0.123. The molecule has 0 bridgehead atoms. The summed E-state index contributed by atoms with van der Waals surface area (Å²) in [6.07, 6.45) is 8.13. The summed E-state index contributed by atoms with van der Waals surface area (Å²) in [7, 11) is 0. The van der Waals surface area contributed by atoms with E-state index < -0.39 is 5.54 Å². The SMILES string of the molecule is Cc1nc(C2(NC(=O)CCCc3c[nH]c4ccccc34)CCCC2)no1. The number of nitrogens with zero attached hydrogens (tertiary/aromatic N) is 2. The van der Waals surface area contributed by atoms with Crippen molar-refractivity contribution in [1.82, 2.24) is 20.4 Å². The Hall–Kier alpha value is -2.63. The zero-order valence-electron chi connectivity index (χ0n) is 15.0. The van der Waals surface area contributed by atoms with Crippen LogP contribution in [0.1, 0.15) is 55.8 Å². The molecule has 1 fully saturated rings. The van der Waals surface area contributed by atoms with Gasteiger partial charge in [0.15, 0.2) is 5.82 Å². The van der Waals surface area contributed by atoms with E-state index in [2.05, 4.69) is 32.6 Å². The Bertz CT molecular complexity index is 905. The van der Waals surface area contributed by atoms with E-state index >= 15 is 0 Å². The quantitative estimate of drug-likeness (QED) is 0.707. The summed E-state index contributed by atoms with van der Waals surface area (Å²) < 4.78 is 5.14. The van der Waals surface area contributed by atoms with Crippen LogP contribution in [0.5, 0.6) is 0 Å². The maximum absolute atomic E-state index is 12.6. The zero-order chi connectivity index (χ0) is 18.0. The Morgan fingerprint density at radius 3 is 2.88 bits per heavy atom. The fourth-order valence-electron chi connectivity index (χ4n) is 3.98. The number of amides is 1. The van der Waals surface area contributed by atoms with Crippen molar-refractivity contribution in [2.75, 3.05) is 0 Å². The molecule has 3 aromatic rings. The number of benzene rings is 1. The Morgan fingerprint density at radius 2 is 2.12 bits per heavy atom. The lowest BCUT2D eigenvalue weighted by atomic mass is 9.96. The minimum atomic E-state index is -0.449. The van der Waals surface area contributed by atoms with Gasteiger partial charge in [0.05, 0.1) is 0 Å². The van der Waals surface area contributed by atoms with E-state index in [1.54, 1.807) is 6.92 Å². The third-order valence-corrected chi connectivity index (χ3v) is 5.32. The first-order chi connectivity index (χ1) is 12.7. The van der Waals surface area contributed by atoms with Crippen LogP contribution in [0.4, 0.5) is 0 Å². The van der Waals surface area contributed by atoms with Crippen molar-refractivity contribution in [2.45, 2.75) is 57.4 Å². The zero-order valence-corrected chi connectivity index (χ0v) is 15.0. The molecule has 2 aromatic heterocycles. The van der Waals surface area contributed by atoms with Gasteiger partial charge >= 0.3 is 0 Å². The molecule has 1 amide bonds. The van der Waals surface area contributed by atoms with Crippen LogP contribution in [0.3, 0.4) is 0 Å².